The topological polar surface area (TPSA) is 38.8 Å². The minimum Gasteiger partial charge on any atom is -0.365 e. The Kier molecular flexibility index (Phi) is 9.96. The molecule has 2 atom stereocenters. The van der Waals surface area contributed by atoms with E-state index in [1.807, 2.05) is 42.2 Å². The number of nitrogens with zero attached hydrogens (tertiary/aromatic N) is 3. The van der Waals surface area contributed by atoms with Gasteiger partial charge < -0.3 is 20.0 Å². The molecule has 1 saturated heterocycles. The van der Waals surface area contributed by atoms with Gasteiger partial charge in [-0.1, -0.05) is 56.6 Å². The maximum atomic E-state index is 15.2. The Morgan fingerprint density at radius 1 is 1.06 bits per heavy atom. The molecule has 35 heavy (non-hydrogen) atoms. The van der Waals surface area contributed by atoms with E-state index in [0.717, 1.165) is 24.2 Å². The highest BCUT2D eigenvalue weighted by molar-refractivity contribution is 6.30. The number of carbonyl (C=O) groups excluding carboxylic acids is 1. The van der Waals surface area contributed by atoms with E-state index in [1.165, 1.54) is 0 Å². The Hall–Kier alpha value is -2.15. The average molecular weight is 503 g/mol. The van der Waals surface area contributed by atoms with Crippen molar-refractivity contribution in [1.82, 2.24) is 15.1 Å². The van der Waals surface area contributed by atoms with Crippen LogP contribution in [0.2, 0.25) is 5.02 Å². The van der Waals surface area contributed by atoms with Crippen LogP contribution >= 0.6 is 11.6 Å². The molecular formula is C28H40ClFN4O. The molecule has 0 saturated carbocycles. The van der Waals surface area contributed by atoms with Crippen molar-refractivity contribution in [3.8, 4) is 0 Å². The molecule has 2 aromatic rings. The van der Waals surface area contributed by atoms with Crippen LogP contribution < -0.4 is 10.2 Å². The first-order valence-corrected chi connectivity index (χ1v) is 13.0. The number of amides is 1. The zero-order valence-corrected chi connectivity index (χ0v) is 22.5. The second-order valence-corrected chi connectivity index (χ2v) is 10.6. The molecule has 7 heteroatoms. The largest absolute Gasteiger partial charge is 0.365 e. The minimum absolute atomic E-state index is 0.0553. The second kappa shape index (κ2) is 12.7. The summed E-state index contributed by atoms with van der Waals surface area (Å²) in [6.07, 6.45) is 0.683. The van der Waals surface area contributed by atoms with Gasteiger partial charge in [-0.25, -0.2) is 4.39 Å². The number of benzene rings is 2. The normalized spacial score (nSPS) is 16.1. The summed E-state index contributed by atoms with van der Waals surface area (Å²) in [6.45, 7) is 10.5. The van der Waals surface area contributed by atoms with E-state index in [2.05, 4.69) is 43.1 Å². The average Bonchev–Trinajstić information content (AvgIpc) is 2.82. The molecule has 1 amide bonds. The van der Waals surface area contributed by atoms with Crippen LogP contribution in [0.15, 0.2) is 42.5 Å². The van der Waals surface area contributed by atoms with Gasteiger partial charge in [0.15, 0.2) is 0 Å². The van der Waals surface area contributed by atoms with E-state index in [-0.39, 0.29) is 23.7 Å². The summed E-state index contributed by atoms with van der Waals surface area (Å²) < 4.78 is 15.2. The Balaban J connectivity index is 1.67. The second-order valence-electron chi connectivity index (χ2n) is 10.2. The molecule has 0 aliphatic carbocycles. The van der Waals surface area contributed by atoms with Crippen LogP contribution in [0.5, 0.6) is 0 Å². The molecule has 1 N–H and O–H groups in total. The van der Waals surface area contributed by atoms with E-state index in [4.69, 9.17) is 11.6 Å². The molecule has 192 valence electrons. The smallest absolute Gasteiger partial charge is 0.225 e. The molecule has 1 fully saturated rings. The third-order valence-corrected chi connectivity index (χ3v) is 6.98. The molecule has 3 rings (SSSR count). The number of nitrogens with one attached hydrogen (secondary N) is 1. The molecule has 5 nitrogen and oxygen atoms in total. The van der Waals surface area contributed by atoms with Crippen LogP contribution in [0.25, 0.3) is 0 Å². The summed E-state index contributed by atoms with van der Waals surface area (Å²) in [4.78, 5) is 19.3. The van der Waals surface area contributed by atoms with Gasteiger partial charge in [0.1, 0.15) is 5.82 Å². The number of anilines is 1. The number of halogens is 2. The number of hydrogen-bond donors (Lipinski definition) is 1. The van der Waals surface area contributed by atoms with Gasteiger partial charge in [-0.3, -0.25) is 4.79 Å². The highest BCUT2D eigenvalue weighted by Gasteiger charge is 2.29. The zero-order valence-electron chi connectivity index (χ0n) is 21.7. The Morgan fingerprint density at radius 3 is 2.31 bits per heavy atom. The summed E-state index contributed by atoms with van der Waals surface area (Å²) in [5, 5.41) is 4.33. The predicted molar refractivity (Wildman–Crippen MR) is 144 cm³/mol. The van der Waals surface area contributed by atoms with Gasteiger partial charge >= 0.3 is 0 Å². The highest BCUT2D eigenvalue weighted by Crippen LogP contribution is 2.34. The lowest BCUT2D eigenvalue weighted by Crippen LogP contribution is -2.51. The third kappa shape index (κ3) is 7.42. The van der Waals surface area contributed by atoms with Crippen molar-refractivity contribution >= 4 is 23.2 Å². The molecule has 2 aromatic carbocycles. The third-order valence-electron chi connectivity index (χ3n) is 6.73. The fourth-order valence-corrected chi connectivity index (χ4v) is 4.91. The first-order chi connectivity index (χ1) is 16.7. The number of likely N-dealkylation sites (N-methyl/N-ethyl adjacent to an activating group) is 1. The summed E-state index contributed by atoms with van der Waals surface area (Å²) in [6, 6.07) is 13.1. The fourth-order valence-electron chi connectivity index (χ4n) is 4.79. The monoisotopic (exact) mass is 502 g/mol. The summed E-state index contributed by atoms with van der Waals surface area (Å²) in [5.41, 5.74) is 2.77. The van der Waals surface area contributed by atoms with Crippen LogP contribution in [0, 0.1) is 17.7 Å². The molecule has 0 bridgehead atoms. The molecular weight excluding hydrogens is 463 g/mol. The summed E-state index contributed by atoms with van der Waals surface area (Å²) in [5.74, 6) is 0.157. The van der Waals surface area contributed by atoms with Gasteiger partial charge in [-0.2, -0.15) is 0 Å². The van der Waals surface area contributed by atoms with Crippen molar-refractivity contribution in [1.29, 1.82) is 0 Å². The highest BCUT2D eigenvalue weighted by atomic mass is 35.5. The van der Waals surface area contributed by atoms with E-state index in [9.17, 15) is 4.79 Å². The number of para-hydroxylation sites is 1. The molecule has 1 heterocycles. The van der Waals surface area contributed by atoms with E-state index in [1.54, 1.807) is 12.1 Å². The Bertz CT molecular complexity index is 958. The van der Waals surface area contributed by atoms with Gasteiger partial charge in [0.05, 0.1) is 5.69 Å². The molecule has 0 spiro atoms. The van der Waals surface area contributed by atoms with Gasteiger partial charge in [0.25, 0.3) is 0 Å². The minimum atomic E-state index is -0.196. The maximum absolute atomic E-state index is 15.2. The van der Waals surface area contributed by atoms with Crippen molar-refractivity contribution in [2.24, 2.45) is 11.8 Å². The van der Waals surface area contributed by atoms with Crippen molar-refractivity contribution in [2.75, 3.05) is 58.3 Å². The van der Waals surface area contributed by atoms with Crippen LogP contribution in [0.1, 0.15) is 37.9 Å². The Labute approximate surface area is 215 Å². The van der Waals surface area contributed by atoms with Crippen molar-refractivity contribution < 1.29 is 9.18 Å². The molecule has 0 radical (unpaired) electrons. The lowest BCUT2D eigenvalue weighted by molar-refractivity contribution is -0.135. The van der Waals surface area contributed by atoms with Crippen LogP contribution in [-0.2, 0) is 11.2 Å². The number of hydrogen-bond acceptors (Lipinski definition) is 4. The predicted octanol–water partition coefficient (Wildman–Crippen LogP) is 4.85. The van der Waals surface area contributed by atoms with Crippen LogP contribution in [-0.4, -0.2) is 69.1 Å². The lowest BCUT2D eigenvalue weighted by atomic mass is 9.93. The number of rotatable bonds is 10. The van der Waals surface area contributed by atoms with E-state index < -0.39 is 0 Å². The molecule has 1 aliphatic heterocycles. The van der Waals surface area contributed by atoms with Crippen molar-refractivity contribution in [2.45, 2.75) is 33.2 Å². The van der Waals surface area contributed by atoms with Gasteiger partial charge in [-0.15, -0.1) is 0 Å². The first kappa shape index (κ1) is 27.4. The molecule has 1 aliphatic rings. The van der Waals surface area contributed by atoms with Crippen LogP contribution in [0.4, 0.5) is 10.1 Å². The molecule has 0 unspecified atom stereocenters. The number of piperazine rings is 1. The van der Waals surface area contributed by atoms with Gasteiger partial charge in [-0.05, 0) is 55.8 Å². The van der Waals surface area contributed by atoms with E-state index in [0.29, 0.717) is 49.2 Å². The van der Waals surface area contributed by atoms with Gasteiger partial charge in [0, 0.05) is 56.3 Å². The number of carbonyl (C=O) groups is 1. The summed E-state index contributed by atoms with van der Waals surface area (Å²) >= 11 is 5.98. The van der Waals surface area contributed by atoms with Gasteiger partial charge in [0.2, 0.25) is 5.91 Å². The van der Waals surface area contributed by atoms with Crippen LogP contribution in [0.3, 0.4) is 0 Å². The maximum Gasteiger partial charge on any atom is 0.225 e. The standard InChI is InChI=1S/C28H40ClFN4O/c1-20(2)26(31-13-14-32(4)5)24-7-6-8-25(30)27(24)33-15-17-34(18-16-33)28(35)21(3)19-22-9-11-23(29)12-10-22/h6-12,20-21,26,31H,13-19H2,1-5H3/t21-,26+/m1/s1. The molecule has 0 aromatic heterocycles. The van der Waals surface area contributed by atoms with E-state index >= 15 is 4.39 Å². The first-order valence-electron chi connectivity index (χ1n) is 12.6. The summed E-state index contributed by atoms with van der Waals surface area (Å²) in [7, 11) is 4.10. The zero-order chi connectivity index (χ0) is 25.5. The lowest BCUT2D eigenvalue weighted by Gasteiger charge is -2.39. The quantitative estimate of drug-likeness (QED) is 0.504. The van der Waals surface area contributed by atoms with Crippen molar-refractivity contribution in [3.63, 3.8) is 0 Å². The SMILES string of the molecule is CC(C)[C@H](NCCN(C)C)c1cccc(F)c1N1CCN(C(=O)[C@H](C)Cc2ccc(Cl)cc2)CC1. The van der Waals surface area contributed by atoms with Crippen molar-refractivity contribution in [3.05, 3.63) is 64.4 Å². The fraction of sp³-hybridized carbons (Fsp3) is 0.536. The Morgan fingerprint density at radius 2 is 1.71 bits per heavy atom.